The molecule has 2 nitrogen and oxygen atoms in total. The van der Waals surface area contributed by atoms with Crippen LogP contribution in [-0.2, 0) is 11.2 Å². The minimum absolute atomic E-state index is 0.167. The maximum absolute atomic E-state index is 13.8. The second kappa shape index (κ2) is 6.68. The summed E-state index contributed by atoms with van der Waals surface area (Å²) in [5.74, 6) is 0.294. The molecular formula is C15H20BF2NO. The number of hydrogen-bond donors (Lipinski definition) is 0. The van der Waals surface area contributed by atoms with Crippen molar-refractivity contribution in [1.29, 1.82) is 0 Å². The second-order valence-corrected chi connectivity index (χ2v) is 5.07. The summed E-state index contributed by atoms with van der Waals surface area (Å²) < 4.78 is 33.4. The first kappa shape index (κ1) is 14.8. The van der Waals surface area contributed by atoms with E-state index in [2.05, 4.69) is 6.92 Å². The third-order valence-electron chi connectivity index (χ3n) is 3.32. The molecule has 0 spiro atoms. The van der Waals surface area contributed by atoms with E-state index in [9.17, 15) is 8.63 Å². The number of unbranched alkanes of at least 4 members (excludes halogenated alkanes) is 3. The van der Waals surface area contributed by atoms with Gasteiger partial charge in [0.15, 0.2) is 6.21 Å². The van der Waals surface area contributed by atoms with Crippen molar-refractivity contribution in [1.82, 2.24) is 0 Å². The lowest BCUT2D eigenvalue weighted by Crippen LogP contribution is -2.37. The standard InChI is InChI=1S/C15H20BF2NO/c1-2-3-4-8-11-15-13-19(16(17,18)20-15)12-14-9-6-5-7-10-14/h5-7,9-11,13H,2-4,8,12H2,1H3/b15-11-. The molecule has 108 valence electrons. The maximum atomic E-state index is 13.8. The van der Waals surface area contributed by atoms with E-state index in [0.717, 1.165) is 35.7 Å². The number of hydrogen-bond acceptors (Lipinski definition) is 1. The molecule has 1 aliphatic rings. The topological polar surface area (TPSA) is 12.2 Å². The van der Waals surface area contributed by atoms with Gasteiger partial charge in [0.1, 0.15) is 12.3 Å². The average Bonchev–Trinajstić information content (AvgIpc) is 2.71. The SMILES string of the molecule is CCCCC/C=C1/C=[N+](Cc2ccccc2)[B-](F)(F)O1. The van der Waals surface area contributed by atoms with Crippen LogP contribution in [0.2, 0.25) is 0 Å². The Balaban J connectivity index is 2.02. The summed E-state index contributed by atoms with van der Waals surface area (Å²) in [6.45, 7) is 2.28. The molecular weight excluding hydrogens is 259 g/mol. The van der Waals surface area contributed by atoms with E-state index in [4.69, 9.17) is 4.65 Å². The summed E-state index contributed by atoms with van der Waals surface area (Å²) in [7, 11) is -3.94. The average molecular weight is 279 g/mol. The lowest BCUT2D eigenvalue weighted by atomic mass is 10.0. The molecule has 1 heterocycles. The third kappa shape index (κ3) is 3.92. The van der Waals surface area contributed by atoms with E-state index in [1.807, 2.05) is 30.3 Å². The summed E-state index contributed by atoms with van der Waals surface area (Å²) in [5.41, 5.74) is 0.848. The van der Waals surface area contributed by atoms with Crippen LogP contribution in [0, 0.1) is 0 Å². The van der Waals surface area contributed by atoms with Gasteiger partial charge in [0, 0.05) is 5.56 Å². The smallest absolute Gasteiger partial charge is 0.596 e. The van der Waals surface area contributed by atoms with E-state index in [-0.39, 0.29) is 6.54 Å². The summed E-state index contributed by atoms with van der Waals surface area (Å²) >= 11 is 0. The Morgan fingerprint density at radius 3 is 2.65 bits per heavy atom. The highest BCUT2D eigenvalue weighted by Gasteiger charge is 2.50. The van der Waals surface area contributed by atoms with Gasteiger partial charge in [-0.1, -0.05) is 50.1 Å². The summed E-state index contributed by atoms with van der Waals surface area (Å²) in [6, 6.07) is 9.24. The molecule has 0 N–H and O–H groups in total. The lowest BCUT2D eigenvalue weighted by molar-refractivity contribution is -0.443. The first-order valence-electron chi connectivity index (χ1n) is 7.17. The maximum Gasteiger partial charge on any atom is 0.828 e. The molecule has 0 amide bonds. The van der Waals surface area contributed by atoms with Crippen LogP contribution < -0.4 is 0 Å². The van der Waals surface area contributed by atoms with Crippen LogP contribution >= 0.6 is 0 Å². The van der Waals surface area contributed by atoms with Crippen molar-refractivity contribution >= 4 is 13.3 Å². The zero-order valence-electron chi connectivity index (χ0n) is 11.8. The van der Waals surface area contributed by atoms with E-state index >= 15 is 0 Å². The predicted octanol–water partition coefficient (Wildman–Crippen LogP) is 4.14. The van der Waals surface area contributed by atoms with Gasteiger partial charge in [-0.2, -0.15) is 0 Å². The van der Waals surface area contributed by atoms with Crippen molar-refractivity contribution in [3.8, 4) is 0 Å². The predicted molar refractivity (Wildman–Crippen MR) is 77.8 cm³/mol. The zero-order valence-corrected chi connectivity index (χ0v) is 11.8. The fraction of sp³-hybridized carbons (Fsp3) is 0.400. The Kier molecular flexibility index (Phi) is 4.93. The van der Waals surface area contributed by atoms with Gasteiger partial charge in [0.2, 0.25) is 0 Å². The monoisotopic (exact) mass is 279 g/mol. The van der Waals surface area contributed by atoms with Gasteiger partial charge in [-0.25, -0.2) is 0 Å². The minimum atomic E-state index is -3.94. The molecule has 0 bridgehead atoms. The van der Waals surface area contributed by atoms with E-state index in [1.165, 1.54) is 6.21 Å². The third-order valence-corrected chi connectivity index (χ3v) is 3.32. The van der Waals surface area contributed by atoms with Gasteiger partial charge in [-0.05, 0) is 18.9 Å². The van der Waals surface area contributed by atoms with Crippen molar-refractivity contribution in [2.75, 3.05) is 0 Å². The van der Waals surface area contributed by atoms with E-state index in [0.29, 0.717) is 5.76 Å². The van der Waals surface area contributed by atoms with E-state index in [1.54, 1.807) is 6.08 Å². The number of halogens is 2. The molecule has 2 rings (SSSR count). The molecule has 0 aliphatic carbocycles. The fourth-order valence-corrected chi connectivity index (χ4v) is 2.20. The van der Waals surface area contributed by atoms with Crippen molar-refractivity contribution in [3.05, 3.63) is 47.7 Å². The second-order valence-electron chi connectivity index (χ2n) is 5.07. The van der Waals surface area contributed by atoms with Crippen LogP contribution in [0.3, 0.4) is 0 Å². The molecule has 1 aromatic rings. The molecule has 20 heavy (non-hydrogen) atoms. The highest BCUT2D eigenvalue weighted by atomic mass is 19.3. The molecule has 0 unspecified atom stereocenters. The van der Waals surface area contributed by atoms with Crippen molar-refractivity contribution < 1.29 is 17.8 Å². The van der Waals surface area contributed by atoms with Crippen LogP contribution in [0.4, 0.5) is 8.63 Å². The molecule has 0 aromatic heterocycles. The molecule has 0 fully saturated rings. The van der Waals surface area contributed by atoms with Crippen LogP contribution in [-0.4, -0.2) is 17.7 Å². The normalized spacial score (nSPS) is 18.9. The summed E-state index contributed by atoms with van der Waals surface area (Å²) in [6.07, 6.45) is 7.21. The molecule has 0 saturated heterocycles. The van der Waals surface area contributed by atoms with Crippen LogP contribution in [0.15, 0.2) is 42.2 Å². The van der Waals surface area contributed by atoms with Crippen LogP contribution in [0.25, 0.3) is 0 Å². The lowest BCUT2D eigenvalue weighted by Gasteiger charge is -2.15. The van der Waals surface area contributed by atoms with Gasteiger partial charge in [0.05, 0.1) is 0 Å². The summed E-state index contributed by atoms with van der Waals surface area (Å²) in [5, 5.41) is 0. The number of nitrogens with zero attached hydrogens (tertiary/aromatic N) is 1. The van der Waals surface area contributed by atoms with Crippen molar-refractivity contribution in [2.24, 2.45) is 0 Å². The van der Waals surface area contributed by atoms with Gasteiger partial charge < -0.3 is 17.8 Å². The Bertz CT molecular complexity index is 500. The number of allylic oxidation sites excluding steroid dienone is 2. The first-order chi connectivity index (χ1) is 9.62. The van der Waals surface area contributed by atoms with Gasteiger partial charge in [-0.15, -0.1) is 0 Å². The number of rotatable bonds is 6. The van der Waals surface area contributed by atoms with Crippen molar-refractivity contribution in [3.63, 3.8) is 0 Å². The Hall–Kier alpha value is -1.65. The van der Waals surface area contributed by atoms with Gasteiger partial charge in [-0.3, -0.25) is 0 Å². The highest BCUT2D eigenvalue weighted by Crippen LogP contribution is 2.23. The largest absolute Gasteiger partial charge is 0.828 e. The van der Waals surface area contributed by atoms with Crippen molar-refractivity contribution in [2.45, 2.75) is 39.2 Å². The molecule has 0 saturated carbocycles. The Morgan fingerprint density at radius 1 is 1.20 bits per heavy atom. The van der Waals surface area contributed by atoms with E-state index < -0.39 is 7.04 Å². The van der Waals surface area contributed by atoms with Crippen LogP contribution in [0.5, 0.6) is 0 Å². The highest BCUT2D eigenvalue weighted by molar-refractivity contribution is 6.52. The quantitative estimate of drug-likeness (QED) is 0.563. The van der Waals surface area contributed by atoms with Gasteiger partial charge >= 0.3 is 7.04 Å². The molecule has 0 atom stereocenters. The molecule has 5 heteroatoms. The fourth-order valence-electron chi connectivity index (χ4n) is 2.20. The van der Waals surface area contributed by atoms with Gasteiger partial charge in [0.25, 0.3) is 0 Å². The minimum Gasteiger partial charge on any atom is -0.596 e. The Morgan fingerprint density at radius 2 is 1.95 bits per heavy atom. The number of benzene rings is 1. The molecule has 1 aromatic carbocycles. The molecule has 0 radical (unpaired) electrons. The molecule has 1 aliphatic heterocycles. The Labute approximate surface area is 118 Å². The summed E-state index contributed by atoms with van der Waals surface area (Å²) in [4.78, 5) is 0. The first-order valence-corrected chi connectivity index (χ1v) is 7.17. The zero-order chi connectivity index (χ0) is 14.4. The van der Waals surface area contributed by atoms with Crippen LogP contribution in [0.1, 0.15) is 38.2 Å².